The van der Waals surface area contributed by atoms with Gasteiger partial charge >= 0.3 is 110 Å². The van der Waals surface area contributed by atoms with E-state index in [0.29, 0.717) is 2.43 Å². The van der Waals surface area contributed by atoms with Crippen LogP contribution in [0.4, 0.5) is 0 Å². The molecule has 0 radical (unpaired) electrons. The molecular weight excluding hydrogens is 331 g/mol. The van der Waals surface area contributed by atoms with E-state index in [2.05, 4.69) is 34.6 Å². The van der Waals surface area contributed by atoms with Crippen LogP contribution in [0, 0.1) is 0 Å². The van der Waals surface area contributed by atoms with Crippen molar-refractivity contribution in [1.29, 1.82) is 0 Å². The SMILES string of the molecule is CCC1=BCC[N+]1(C(C)(C)C)[Zr]([Cl])([Cl])[Cl]. The van der Waals surface area contributed by atoms with Gasteiger partial charge in [-0.1, -0.05) is 0 Å². The van der Waals surface area contributed by atoms with Crippen molar-refractivity contribution in [3.05, 3.63) is 0 Å². The molecule has 0 N–H and O–H groups in total. The summed E-state index contributed by atoms with van der Waals surface area (Å²) < 4.78 is 0.669. The monoisotopic (exact) mass is 346 g/mol. The van der Waals surface area contributed by atoms with Crippen molar-refractivity contribution in [2.45, 2.75) is 46.0 Å². The van der Waals surface area contributed by atoms with Crippen LogP contribution in [0.1, 0.15) is 34.1 Å². The van der Waals surface area contributed by atoms with Crippen LogP contribution < -0.4 is 0 Å². The molecule has 0 aliphatic carbocycles. The Morgan fingerprint density at radius 3 is 2.13 bits per heavy atom. The van der Waals surface area contributed by atoms with E-state index in [1.54, 1.807) is 0 Å². The molecule has 1 unspecified atom stereocenters. The normalized spacial score (nSPS) is 27.5. The van der Waals surface area contributed by atoms with Gasteiger partial charge in [0, 0.05) is 0 Å². The van der Waals surface area contributed by atoms with Gasteiger partial charge in [0.2, 0.25) is 0 Å². The topological polar surface area (TPSA) is 0 Å². The molecule has 86 valence electrons. The van der Waals surface area contributed by atoms with Gasteiger partial charge < -0.3 is 0 Å². The molecule has 0 bridgehead atoms. The van der Waals surface area contributed by atoms with Crippen molar-refractivity contribution in [3.63, 3.8) is 0 Å². The maximum absolute atomic E-state index is 6.43. The molecule has 1 atom stereocenters. The van der Waals surface area contributed by atoms with E-state index in [9.17, 15) is 0 Å². The van der Waals surface area contributed by atoms with E-state index in [1.807, 2.05) is 0 Å². The van der Waals surface area contributed by atoms with Crippen LogP contribution in [0.5, 0.6) is 0 Å². The number of rotatable bonds is 2. The molecule has 1 aliphatic heterocycles. The predicted octanol–water partition coefficient (Wildman–Crippen LogP) is 3.81. The molecule has 1 rings (SSSR count). The minimum atomic E-state index is -3.59. The molecule has 1 nitrogen and oxygen atoms in total. The first kappa shape index (κ1) is 14.7. The van der Waals surface area contributed by atoms with E-state index in [0.717, 1.165) is 19.3 Å². The Morgan fingerprint density at radius 1 is 1.33 bits per heavy atom. The molecule has 15 heavy (non-hydrogen) atoms. The second kappa shape index (κ2) is 4.73. The fourth-order valence-corrected chi connectivity index (χ4v) is 14.7. The molecule has 0 saturated carbocycles. The van der Waals surface area contributed by atoms with Crippen LogP contribution in [0.2, 0.25) is 6.32 Å². The molecule has 1 heterocycles. The first-order chi connectivity index (χ1) is 6.67. The second-order valence-corrected chi connectivity index (χ2v) is 22.3. The average Bonchev–Trinajstić information content (AvgIpc) is 2.44. The molecule has 0 amide bonds. The van der Waals surface area contributed by atoms with Crippen LogP contribution in [-0.2, 0) is 17.0 Å². The van der Waals surface area contributed by atoms with Crippen LogP contribution in [0.25, 0.3) is 0 Å². The van der Waals surface area contributed by atoms with E-state index >= 15 is 0 Å². The van der Waals surface area contributed by atoms with Gasteiger partial charge in [0.1, 0.15) is 0 Å². The van der Waals surface area contributed by atoms with Crippen molar-refractivity contribution < 1.29 is 19.4 Å². The Balaban J connectivity index is 3.27. The van der Waals surface area contributed by atoms with E-state index < -0.39 is 17.0 Å². The van der Waals surface area contributed by atoms with Crippen molar-refractivity contribution in [1.82, 2.24) is 0 Å². The van der Waals surface area contributed by atoms with Crippen LogP contribution in [0.3, 0.4) is 0 Å². The summed E-state index contributed by atoms with van der Waals surface area (Å²) in [5, 5.41) is 0. The van der Waals surface area contributed by atoms with Gasteiger partial charge in [-0.25, -0.2) is 0 Å². The summed E-state index contributed by atoms with van der Waals surface area (Å²) >= 11 is -3.59. The van der Waals surface area contributed by atoms with Gasteiger partial charge in [0.25, 0.3) is 0 Å². The molecule has 1 aliphatic rings. The quantitative estimate of drug-likeness (QED) is 0.666. The Labute approximate surface area is 109 Å². The fourth-order valence-electron chi connectivity index (χ4n) is 2.57. The third kappa shape index (κ3) is 2.43. The van der Waals surface area contributed by atoms with Gasteiger partial charge in [-0.2, -0.15) is 0 Å². The van der Waals surface area contributed by atoms with Crippen molar-refractivity contribution in [2.24, 2.45) is 0 Å². The second-order valence-electron chi connectivity index (χ2n) is 5.01. The van der Waals surface area contributed by atoms with Crippen LogP contribution in [-0.4, -0.2) is 27.0 Å². The van der Waals surface area contributed by atoms with Crippen LogP contribution in [0.15, 0.2) is 0 Å². The van der Waals surface area contributed by atoms with Crippen LogP contribution >= 0.6 is 25.5 Å². The van der Waals surface area contributed by atoms with Crippen molar-refractivity contribution in [3.8, 4) is 0 Å². The van der Waals surface area contributed by atoms with Gasteiger partial charge in [-0.3, -0.25) is 0 Å². The predicted molar refractivity (Wildman–Crippen MR) is 68.3 cm³/mol. The molecule has 0 aromatic rings. The van der Waals surface area contributed by atoms with Crippen molar-refractivity contribution >= 4 is 38.0 Å². The molecule has 0 aromatic carbocycles. The van der Waals surface area contributed by atoms with E-state index in [4.69, 9.17) is 25.5 Å². The molecule has 6 heteroatoms. The van der Waals surface area contributed by atoms with Gasteiger partial charge in [-0.05, 0) is 0 Å². The standard InChI is InChI=1S/C9H18BN.3ClH.Zr/c1-5-8-10-6-7-11(8)9(2,3)4;;;;/h5-7H2,1-4H3;3*1H;/q;;;;+4/p-3. The van der Waals surface area contributed by atoms with E-state index in [1.165, 1.54) is 5.59 Å². The summed E-state index contributed by atoms with van der Waals surface area (Å²) in [5.41, 5.74) is 1.33. The number of hydrogen-bond acceptors (Lipinski definition) is 0. The van der Waals surface area contributed by atoms with Crippen molar-refractivity contribution in [2.75, 3.05) is 6.54 Å². The zero-order valence-corrected chi connectivity index (χ0v) is 14.5. The average molecular weight is 349 g/mol. The molecule has 0 fully saturated rings. The Kier molecular flexibility index (Phi) is 4.64. The number of nitrogens with zero attached hydrogens (tertiary/aromatic N) is 1. The van der Waals surface area contributed by atoms with E-state index in [-0.39, 0.29) is 5.54 Å². The maximum atomic E-state index is 6.43. The first-order valence-electron chi connectivity index (χ1n) is 5.31. The Hall–Kier alpha value is 1.65. The molecule has 0 aromatic heterocycles. The number of quaternary nitrogens is 1. The molecule has 0 saturated heterocycles. The summed E-state index contributed by atoms with van der Waals surface area (Å²) in [6.45, 7) is 11.9. The summed E-state index contributed by atoms with van der Waals surface area (Å²) in [7, 11) is 19.3. The third-order valence-corrected chi connectivity index (χ3v) is 13.4. The molecule has 0 spiro atoms. The number of hydrogen-bond donors (Lipinski definition) is 0. The summed E-state index contributed by atoms with van der Waals surface area (Å²) in [6.07, 6.45) is 2.04. The minimum absolute atomic E-state index is 0.000324. The number of halogens is 3. The Bertz CT molecular complexity index is 266. The van der Waals surface area contributed by atoms with Gasteiger partial charge in [0.05, 0.1) is 0 Å². The first-order valence-corrected chi connectivity index (χ1v) is 15.9. The Morgan fingerprint density at radius 2 is 1.87 bits per heavy atom. The van der Waals surface area contributed by atoms with Gasteiger partial charge in [0.15, 0.2) is 0 Å². The molecular formula is C9H18BCl3NZr+. The summed E-state index contributed by atoms with van der Waals surface area (Å²) in [6, 6.07) is 0. The van der Waals surface area contributed by atoms with Gasteiger partial charge in [-0.15, -0.1) is 0 Å². The fraction of sp³-hybridized carbons (Fsp3) is 0.889. The zero-order valence-electron chi connectivity index (χ0n) is 9.78. The third-order valence-electron chi connectivity index (χ3n) is 3.28. The summed E-state index contributed by atoms with van der Waals surface area (Å²) in [5.74, 6) is 0. The summed E-state index contributed by atoms with van der Waals surface area (Å²) in [4.78, 5) is 0. The zero-order chi connectivity index (χ0) is 11.9.